The van der Waals surface area contributed by atoms with Crippen molar-refractivity contribution in [2.45, 2.75) is 19.4 Å². The van der Waals surface area contributed by atoms with Gasteiger partial charge in [0, 0.05) is 5.56 Å². The van der Waals surface area contributed by atoms with Crippen LogP contribution in [0.25, 0.3) is 0 Å². The Bertz CT molecular complexity index is 569. The second kappa shape index (κ2) is 7.70. The topological polar surface area (TPSA) is 30.5 Å². The van der Waals surface area contributed by atoms with Gasteiger partial charge in [-0.25, -0.2) is 0 Å². The summed E-state index contributed by atoms with van der Waals surface area (Å²) in [4.78, 5) is 0. The van der Waals surface area contributed by atoms with Crippen LogP contribution in [0.2, 0.25) is 0 Å². The van der Waals surface area contributed by atoms with Crippen molar-refractivity contribution in [3.8, 4) is 11.5 Å². The summed E-state index contributed by atoms with van der Waals surface area (Å²) in [6.07, 6.45) is 1.08. The molecule has 1 atom stereocenters. The molecule has 2 aromatic rings. The van der Waals surface area contributed by atoms with Crippen molar-refractivity contribution < 1.29 is 9.47 Å². The number of ether oxygens (including phenoxy) is 2. The average molecular weight is 285 g/mol. The molecule has 0 radical (unpaired) electrons. The number of hydrogen-bond donors (Lipinski definition) is 1. The SMILES string of the molecule is CCCNC(c1cccc(OC)c1)c1ccccc1OC. The summed E-state index contributed by atoms with van der Waals surface area (Å²) >= 11 is 0. The van der Waals surface area contributed by atoms with Gasteiger partial charge in [0.05, 0.1) is 20.3 Å². The lowest BCUT2D eigenvalue weighted by Gasteiger charge is -2.22. The van der Waals surface area contributed by atoms with Crippen LogP contribution < -0.4 is 14.8 Å². The molecule has 1 N–H and O–H groups in total. The second-order valence-electron chi connectivity index (χ2n) is 4.91. The van der Waals surface area contributed by atoms with E-state index in [4.69, 9.17) is 9.47 Å². The maximum Gasteiger partial charge on any atom is 0.123 e. The lowest BCUT2D eigenvalue weighted by Crippen LogP contribution is -2.23. The highest BCUT2D eigenvalue weighted by molar-refractivity contribution is 5.43. The highest BCUT2D eigenvalue weighted by atomic mass is 16.5. The van der Waals surface area contributed by atoms with Crippen LogP contribution >= 0.6 is 0 Å². The molecule has 3 nitrogen and oxygen atoms in total. The number of nitrogens with one attached hydrogen (secondary N) is 1. The monoisotopic (exact) mass is 285 g/mol. The average Bonchev–Trinajstić information content (AvgIpc) is 2.56. The van der Waals surface area contributed by atoms with Gasteiger partial charge >= 0.3 is 0 Å². The Kier molecular flexibility index (Phi) is 5.64. The van der Waals surface area contributed by atoms with Crippen molar-refractivity contribution in [1.29, 1.82) is 0 Å². The van der Waals surface area contributed by atoms with Crippen LogP contribution in [0.5, 0.6) is 11.5 Å². The van der Waals surface area contributed by atoms with Gasteiger partial charge in [0.25, 0.3) is 0 Å². The molecule has 21 heavy (non-hydrogen) atoms. The van der Waals surface area contributed by atoms with Crippen molar-refractivity contribution in [3.05, 3.63) is 59.7 Å². The fourth-order valence-electron chi connectivity index (χ4n) is 2.42. The van der Waals surface area contributed by atoms with Gasteiger partial charge in [-0.2, -0.15) is 0 Å². The molecule has 112 valence electrons. The molecule has 2 aromatic carbocycles. The first kappa shape index (κ1) is 15.4. The summed E-state index contributed by atoms with van der Waals surface area (Å²) in [5.41, 5.74) is 2.31. The Morgan fingerprint density at radius 3 is 2.52 bits per heavy atom. The van der Waals surface area contributed by atoms with E-state index in [-0.39, 0.29) is 6.04 Å². The molecular weight excluding hydrogens is 262 g/mol. The summed E-state index contributed by atoms with van der Waals surface area (Å²) in [5.74, 6) is 1.76. The molecule has 2 rings (SSSR count). The first-order valence-electron chi connectivity index (χ1n) is 7.30. The summed E-state index contributed by atoms with van der Waals surface area (Å²) in [7, 11) is 3.40. The molecule has 0 amide bonds. The number of benzene rings is 2. The summed E-state index contributed by atoms with van der Waals surface area (Å²) in [6.45, 7) is 3.11. The molecule has 0 aliphatic carbocycles. The van der Waals surface area contributed by atoms with E-state index >= 15 is 0 Å². The van der Waals surface area contributed by atoms with Crippen LogP contribution in [-0.4, -0.2) is 20.8 Å². The number of hydrogen-bond acceptors (Lipinski definition) is 3. The molecule has 3 heteroatoms. The van der Waals surface area contributed by atoms with Crippen LogP contribution in [0.3, 0.4) is 0 Å². The maximum absolute atomic E-state index is 5.51. The van der Waals surface area contributed by atoms with E-state index in [0.29, 0.717) is 0 Å². The lowest BCUT2D eigenvalue weighted by molar-refractivity contribution is 0.402. The van der Waals surface area contributed by atoms with Gasteiger partial charge < -0.3 is 14.8 Å². The molecule has 0 aliphatic rings. The van der Waals surface area contributed by atoms with Gasteiger partial charge in [-0.3, -0.25) is 0 Å². The minimum absolute atomic E-state index is 0.0937. The van der Waals surface area contributed by atoms with Gasteiger partial charge in [-0.1, -0.05) is 37.3 Å². The number of methoxy groups -OCH3 is 2. The highest BCUT2D eigenvalue weighted by Crippen LogP contribution is 2.31. The highest BCUT2D eigenvalue weighted by Gasteiger charge is 2.17. The van der Waals surface area contributed by atoms with E-state index in [1.165, 1.54) is 5.56 Å². The third-order valence-electron chi connectivity index (χ3n) is 3.48. The van der Waals surface area contributed by atoms with Crippen LogP contribution in [0.15, 0.2) is 48.5 Å². The molecule has 0 fully saturated rings. The molecular formula is C18H23NO2. The Morgan fingerprint density at radius 1 is 1.00 bits per heavy atom. The van der Waals surface area contributed by atoms with Crippen LogP contribution in [0, 0.1) is 0 Å². The molecule has 1 unspecified atom stereocenters. The normalized spacial score (nSPS) is 12.0. The number of rotatable bonds is 7. The van der Waals surface area contributed by atoms with E-state index in [9.17, 15) is 0 Å². The van der Waals surface area contributed by atoms with Gasteiger partial charge in [-0.15, -0.1) is 0 Å². The van der Waals surface area contributed by atoms with Gasteiger partial charge in [0.1, 0.15) is 11.5 Å². The summed E-state index contributed by atoms with van der Waals surface area (Å²) in [6, 6.07) is 16.4. The zero-order chi connectivity index (χ0) is 15.1. The largest absolute Gasteiger partial charge is 0.497 e. The van der Waals surface area contributed by atoms with Gasteiger partial charge in [0.15, 0.2) is 0 Å². The zero-order valence-electron chi connectivity index (χ0n) is 12.9. The third-order valence-corrected chi connectivity index (χ3v) is 3.48. The summed E-state index contributed by atoms with van der Waals surface area (Å²) in [5, 5.41) is 3.59. The Hall–Kier alpha value is -2.00. The molecule has 0 aliphatic heterocycles. The Balaban J connectivity index is 2.41. The molecule has 0 heterocycles. The zero-order valence-corrected chi connectivity index (χ0v) is 12.9. The van der Waals surface area contributed by atoms with Crippen LogP contribution in [0.1, 0.15) is 30.5 Å². The van der Waals surface area contributed by atoms with Crippen molar-refractivity contribution in [2.24, 2.45) is 0 Å². The van der Waals surface area contributed by atoms with E-state index in [1.54, 1.807) is 14.2 Å². The molecule has 0 saturated carbocycles. The standard InChI is InChI=1S/C18H23NO2/c1-4-12-19-18(14-8-7-9-15(13-14)20-2)16-10-5-6-11-17(16)21-3/h5-11,13,18-19H,4,12H2,1-3H3. The second-order valence-corrected chi connectivity index (χ2v) is 4.91. The lowest BCUT2D eigenvalue weighted by atomic mass is 9.97. The fourth-order valence-corrected chi connectivity index (χ4v) is 2.42. The minimum atomic E-state index is 0.0937. The fraction of sp³-hybridized carbons (Fsp3) is 0.333. The smallest absolute Gasteiger partial charge is 0.123 e. The van der Waals surface area contributed by atoms with E-state index in [0.717, 1.165) is 30.0 Å². The molecule has 0 saturated heterocycles. The molecule has 0 bridgehead atoms. The first-order valence-corrected chi connectivity index (χ1v) is 7.30. The van der Waals surface area contributed by atoms with E-state index < -0.39 is 0 Å². The van der Waals surface area contributed by atoms with Crippen LogP contribution in [-0.2, 0) is 0 Å². The van der Waals surface area contributed by atoms with Crippen LogP contribution in [0.4, 0.5) is 0 Å². The van der Waals surface area contributed by atoms with E-state index in [1.807, 2.05) is 30.3 Å². The first-order chi connectivity index (χ1) is 10.3. The van der Waals surface area contributed by atoms with E-state index in [2.05, 4.69) is 30.4 Å². The summed E-state index contributed by atoms with van der Waals surface area (Å²) < 4.78 is 10.9. The Morgan fingerprint density at radius 2 is 1.81 bits per heavy atom. The van der Waals surface area contributed by atoms with Crippen molar-refractivity contribution >= 4 is 0 Å². The predicted octanol–water partition coefficient (Wildman–Crippen LogP) is 3.79. The minimum Gasteiger partial charge on any atom is -0.497 e. The number of para-hydroxylation sites is 1. The van der Waals surface area contributed by atoms with Crippen molar-refractivity contribution in [3.63, 3.8) is 0 Å². The van der Waals surface area contributed by atoms with Crippen molar-refractivity contribution in [1.82, 2.24) is 5.32 Å². The van der Waals surface area contributed by atoms with Gasteiger partial charge in [0.2, 0.25) is 0 Å². The van der Waals surface area contributed by atoms with Crippen molar-refractivity contribution in [2.75, 3.05) is 20.8 Å². The predicted molar refractivity (Wildman–Crippen MR) is 86.1 cm³/mol. The van der Waals surface area contributed by atoms with Gasteiger partial charge in [-0.05, 0) is 36.7 Å². The quantitative estimate of drug-likeness (QED) is 0.839. The maximum atomic E-state index is 5.51. The Labute approximate surface area is 126 Å². The molecule has 0 spiro atoms. The molecule has 0 aromatic heterocycles. The third kappa shape index (κ3) is 3.76.